The minimum Gasteiger partial charge on any atom is -0.319 e. The Morgan fingerprint density at radius 3 is 1.89 bits per heavy atom. The average Bonchev–Trinajstić information content (AvgIpc) is 3.91. The Morgan fingerprint density at radius 2 is 1.18 bits per heavy atom. The summed E-state index contributed by atoms with van der Waals surface area (Å²) in [5, 5.41) is 2.32. The third-order valence-electron chi connectivity index (χ3n) is 12.8. The fourth-order valence-corrected chi connectivity index (χ4v) is 10.2. The summed E-state index contributed by atoms with van der Waals surface area (Å²) in [5.41, 5.74) is 17.0. The van der Waals surface area contributed by atoms with Crippen molar-refractivity contribution in [2.75, 3.05) is 0 Å². The summed E-state index contributed by atoms with van der Waals surface area (Å²) >= 11 is 0. The summed E-state index contributed by atoms with van der Waals surface area (Å²) < 4.78 is 6.77. The van der Waals surface area contributed by atoms with Crippen molar-refractivity contribution in [2.45, 2.75) is 44.9 Å². The number of para-hydroxylation sites is 3. The van der Waals surface area contributed by atoms with Crippen LogP contribution in [0.25, 0.3) is 66.6 Å². The van der Waals surface area contributed by atoms with Gasteiger partial charge in [-0.1, -0.05) is 124 Å². The van der Waals surface area contributed by atoms with E-state index in [-0.39, 0.29) is 21.1 Å². The molecular weight excluding hydrogens is 924 g/mol. The van der Waals surface area contributed by atoms with Gasteiger partial charge in [0.2, 0.25) is 0 Å². The zero-order valence-corrected chi connectivity index (χ0v) is 37.2. The molecule has 3 heterocycles. The molecule has 61 heavy (non-hydrogen) atoms. The Bertz CT molecular complexity index is 3240. The number of fused-ring (bicyclic) bond motifs is 7. The van der Waals surface area contributed by atoms with Crippen LogP contribution in [0.3, 0.4) is 0 Å². The molecule has 3 aromatic heterocycles. The predicted octanol–water partition coefficient (Wildman–Crippen LogP) is 13.6. The second-order valence-electron chi connectivity index (χ2n) is 16.9. The topological polar surface area (TPSA) is 27.7 Å². The molecule has 0 amide bonds. The number of hydrogen-bond donors (Lipinski definition) is 0. The van der Waals surface area contributed by atoms with E-state index < -0.39 is 5.41 Å². The average molecular weight is 969 g/mol. The van der Waals surface area contributed by atoms with E-state index >= 15 is 0 Å². The molecule has 0 saturated heterocycles. The van der Waals surface area contributed by atoms with Crippen LogP contribution in [0.15, 0.2) is 170 Å². The molecule has 7 aromatic carbocycles. The molecule has 0 radical (unpaired) electrons. The predicted molar refractivity (Wildman–Crippen MR) is 247 cm³/mol. The van der Waals surface area contributed by atoms with Crippen LogP contribution in [0.5, 0.6) is 0 Å². The van der Waals surface area contributed by atoms with Gasteiger partial charge in [-0.15, -0.1) is 22.6 Å². The van der Waals surface area contributed by atoms with E-state index in [0.717, 1.165) is 44.6 Å². The van der Waals surface area contributed by atoms with Gasteiger partial charge in [0.1, 0.15) is 5.82 Å². The van der Waals surface area contributed by atoms with Crippen molar-refractivity contribution in [3.05, 3.63) is 216 Å². The quantitative estimate of drug-likeness (QED) is 0.146. The first-order valence-electron chi connectivity index (χ1n) is 21.1. The maximum absolute atomic E-state index is 5.14. The molecule has 0 aliphatic heterocycles. The first-order chi connectivity index (χ1) is 29.3. The number of imidazole rings is 1. The maximum Gasteiger partial charge on any atom is 0.188 e. The monoisotopic (exact) mass is 968 g/mol. The van der Waals surface area contributed by atoms with E-state index in [1.165, 1.54) is 55.4 Å². The van der Waals surface area contributed by atoms with Crippen LogP contribution in [-0.4, -0.2) is 18.7 Å². The van der Waals surface area contributed by atoms with Gasteiger partial charge in [-0.3, -0.25) is 0 Å². The minimum absolute atomic E-state index is 0. The molecule has 0 saturated carbocycles. The van der Waals surface area contributed by atoms with Crippen LogP contribution in [0.2, 0.25) is 0 Å². The smallest absolute Gasteiger partial charge is 0.188 e. The van der Waals surface area contributed by atoms with Crippen LogP contribution >= 0.6 is 0 Å². The van der Waals surface area contributed by atoms with Gasteiger partial charge in [0.25, 0.3) is 0 Å². The van der Waals surface area contributed by atoms with Crippen molar-refractivity contribution in [3.8, 4) is 33.8 Å². The standard InChI is InChI=1S/C56H45N4.Pt/c1-36(2)42-21-15-22-43(37(3)4)55(42)38-30-31-57-54(32-38)60-50-25-11-8-20-46(50)47-29-28-40(34-53(47)60)56(48-23-9-6-18-44(48)45-19-7-10-24-49(45)56)39-16-14-17-41(33-39)59-35-58(5)51-26-12-13-27-52(51)59;/h6-32,35-37H,1-5H3;/q-1;. The van der Waals surface area contributed by atoms with Crippen molar-refractivity contribution in [3.63, 3.8) is 0 Å². The summed E-state index contributed by atoms with van der Waals surface area (Å²) in [6, 6.07) is 65.7. The second kappa shape index (κ2) is 15.0. The fourth-order valence-electron chi connectivity index (χ4n) is 10.2. The van der Waals surface area contributed by atoms with Gasteiger partial charge >= 0.3 is 0 Å². The molecule has 10 aromatic rings. The molecule has 0 atom stereocenters. The van der Waals surface area contributed by atoms with Crippen molar-refractivity contribution in [1.29, 1.82) is 0 Å². The van der Waals surface area contributed by atoms with Crippen LogP contribution < -0.4 is 0 Å². The maximum atomic E-state index is 5.14. The Labute approximate surface area is 372 Å². The summed E-state index contributed by atoms with van der Waals surface area (Å²) in [7, 11) is 2.10. The largest absolute Gasteiger partial charge is 0.319 e. The Morgan fingerprint density at radius 1 is 0.574 bits per heavy atom. The number of pyridine rings is 1. The molecule has 11 rings (SSSR count). The van der Waals surface area contributed by atoms with Crippen LogP contribution in [0.4, 0.5) is 0 Å². The van der Waals surface area contributed by atoms with Gasteiger partial charge in [-0.25, -0.2) is 14.1 Å². The third-order valence-corrected chi connectivity index (χ3v) is 12.8. The summed E-state index contributed by atoms with van der Waals surface area (Å²) in [6.45, 7) is 9.16. The first-order valence-corrected chi connectivity index (χ1v) is 21.1. The van der Waals surface area contributed by atoms with Crippen LogP contribution in [0.1, 0.15) is 72.9 Å². The minimum atomic E-state index is -0.707. The molecule has 5 heteroatoms. The molecule has 0 spiro atoms. The van der Waals surface area contributed by atoms with Crippen LogP contribution in [0, 0.1) is 12.1 Å². The molecule has 0 fully saturated rings. The van der Waals surface area contributed by atoms with Gasteiger partial charge in [0.15, 0.2) is 17.4 Å². The van der Waals surface area contributed by atoms with Crippen molar-refractivity contribution >= 4 is 32.8 Å². The number of aromatic nitrogens is 4. The van der Waals surface area contributed by atoms with Gasteiger partial charge in [0, 0.05) is 63.1 Å². The van der Waals surface area contributed by atoms with Crippen molar-refractivity contribution in [2.24, 2.45) is 7.05 Å². The molecule has 0 bridgehead atoms. The van der Waals surface area contributed by atoms with Crippen LogP contribution in [-0.2, 0) is 33.5 Å². The fraction of sp³-hybridized carbons (Fsp3) is 0.143. The molecule has 0 unspecified atom stereocenters. The molecule has 300 valence electrons. The Balaban J connectivity index is 0.00000445. The first kappa shape index (κ1) is 38.8. The summed E-state index contributed by atoms with van der Waals surface area (Å²) in [5.74, 6) is 1.63. The number of hydrogen-bond acceptors (Lipinski definition) is 1. The third kappa shape index (κ3) is 5.83. The zero-order chi connectivity index (χ0) is 40.7. The van der Waals surface area contributed by atoms with Gasteiger partial charge in [-0.05, 0) is 92.1 Å². The van der Waals surface area contributed by atoms with Gasteiger partial charge in [0.05, 0.1) is 0 Å². The summed E-state index contributed by atoms with van der Waals surface area (Å²) in [6.07, 6.45) is 4.14. The van der Waals surface area contributed by atoms with Crippen molar-refractivity contribution in [1.82, 2.24) is 18.7 Å². The zero-order valence-electron chi connectivity index (χ0n) is 34.9. The molecule has 0 N–H and O–H groups in total. The van der Waals surface area contributed by atoms with E-state index in [9.17, 15) is 0 Å². The second-order valence-corrected chi connectivity index (χ2v) is 16.9. The Hall–Kier alpha value is -6.35. The van der Waals surface area contributed by atoms with Crippen molar-refractivity contribution < 1.29 is 21.1 Å². The molecule has 1 aliphatic rings. The van der Waals surface area contributed by atoms with E-state index in [0.29, 0.717) is 11.8 Å². The normalized spacial score (nSPS) is 13.0. The van der Waals surface area contributed by atoms with E-state index in [4.69, 9.17) is 4.98 Å². The Kier molecular flexibility index (Phi) is 9.53. The number of nitrogens with zero attached hydrogens (tertiary/aromatic N) is 4. The van der Waals surface area contributed by atoms with Gasteiger partial charge < -0.3 is 4.57 Å². The van der Waals surface area contributed by atoms with E-state index in [1.807, 2.05) is 6.20 Å². The molecular formula is C56H45N4Pt-. The SMILES string of the molecule is CC(C)c1cccc(C(C)C)c1-c1ccnc(-n2c3[c-]c(C4(c5[c-]c(-n6[cH+]n(C)c7ccccc76)ccc5)c5ccccc5-c5ccccc54)ccc3c3ccccc32)c1.[Pt]. The van der Waals surface area contributed by atoms with E-state index in [1.54, 1.807) is 0 Å². The molecule has 1 aliphatic carbocycles. The number of aryl methyl sites for hydroxylation is 1. The number of benzene rings is 7. The van der Waals surface area contributed by atoms with Gasteiger partial charge in [-0.2, -0.15) is 30.3 Å². The van der Waals surface area contributed by atoms with E-state index in [2.05, 4.69) is 225 Å². The number of rotatable bonds is 7. The molecule has 4 nitrogen and oxygen atoms in total. The summed E-state index contributed by atoms with van der Waals surface area (Å²) in [4.78, 5) is 5.14.